The maximum absolute atomic E-state index is 12.4. The summed E-state index contributed by atoms with van der Waals surface area (Å²) in [4.78, 5) is 4.43. The molecule has 0 bridgehead atoms. The average Bonchev–Trinajstić information content (AvgIpc) is 2.54. The van der Waals surface area contributed by atoms with Gasteiger partial charge >= 0.3 is 6.36 Å². The van der Waals surface area contributed by atoms with Crippen LogP contribution in [-0.2, 0) is 4.74 Å². The standard InChI is InChI=1S/C18H21F3N2O3/c1-11-7-13(23-12(2)10-24-3)9-22-17(11)15-6-5-14(8-16(15)25-4)26-18(19,20)21/h5-9,12,23H,10H2,1-4H3/t12-/m0/s1. The number of aromatic nitrogens is 1. The minimum absolute atomic E-state index is 0.111. The third-order valence-electron chi connectivity index (χ3n) is 3.57. The summed E-state index contributed by atoms with van der Waals surface area (Å²) in [6.07, 6.45) is -3.10. The molecule has 0 unspecified atom stereocenters. The number of hydrogen-bond acceptors (Lipinski definition) is 5. The molecule has 1 N–H and O–H groups in total. The molecular weight excluding hydrogens is 349 g/mol. The zero-order valence-electron chi connectivity index (χ0n) is 15.0. The number of methoxy groups -OCH3 is 2. The largest absolute Gasteiger partial charge is 0.573 e. The Bertz CT molecular complexity index is 751. The predicted octanol–water partition coefficient (Wildman–Crippen LogP) is 4.41. The van der Waals surface area contributed by atoms with Gasteiger partial charge in [-0.15, -0.1) is 13.2 Å². The van der Waals surface area contributed by atoms with E-state index in [0.29, 0.717) is 17.9 Å². The Morgan fingerprint density at radius 3 is 2.50 bits per heavy atom. The second-order valence-corrected chi connectivity index (χ2v) is 5.80. The maximum Gasteiger partial charge on any atom is 0.573 e. The fourth-order valence-electron chi connectivity index (χ4n) is 2.58. The van der Waals surface area contributed by atoms with Gasteiger partial charge in [-0.3, -0.25) is 4.98 Å². The lowest BCUT2D eigenvalue weighted by atomic mass is 10.0. The summed E-state index contributed by atoms with van der Waals surface area (Å²) in [6, 6.07) is 5.94. The fraction of sp³-hybridized carbons (Fsp3) is 0.389. The molecule has 0 fully saturated rings. The van der Waals surface area contributed by atoms with Crippen molar-refractivity contribution < 1.29 is 27.4 Å². The molecule has 1 atom stereocenters. The number of halogens is 3. The van der Waals surface area contributed by atoms with E-state index in [1.54, 1.807) is 13.3 Å². The van der Waals surface area contributed by atoms with Gasteiger partial charge in [0.05, 0.1) is 31.3 Å². The second-order valence-electron chi connectivity index (χ2n) is 5.80. The number of alkyl halides is 3. The van der Waals surface area contributed by atoms with E-state index >= 15 is 0 Å². The van der Waals surface area contributed by atoms with Crippen molar-refractivity contribution in [1.29, 1.82) is 0 Å². The van der Waals surface area contributed by atoms with Crippen molar-refractivity contribution >= 4 is 5.69 Å². The number of aryl methyl sites for hydroxylation is 1. The van der Waals surface area contributed by atoms with Gasteiger partial charge < -0.3 is 19.5 Å². The normalized spacial score (nSPS) is 12.6. The SMILES string of the molecule is COC[C@H](C)Nc1cnc(-c2ccc(OC(F)(F)F)cc2OC)c(C)c1. The van der Waals surface area contributed by atoms with Gasteiger partial charge in [0, 0.05) is 24.8 Å². The lowest BCUT2D eigenvalue weighted by Crippen LogP contribution is -2.20. The number of nitrogens with one attached hydrogen (secondary N) is 1. The molecule has 1 aromatic carbocycles. The van der Waals surface area contributed by atoms with Crippen LogP contribution in [0.5, 0.6) is 11.5 Å². The molecule has 5 nitrogen and oxygen atoms in total. The molecule has 0 radical (unpaired) electrons. The Morgan fingerprint density at radius 1 is 1.19 bits per heavy atom. The van der Waals surface area contributed by atoms with Gasteiger partial charge in [0.1, 0.15) is 11.5 Å². The molecule has 0 aliphatic heterocycles. The Kier molecular flexibility index (Phi) is 6.31. The van der Waals surface area contributed by atoms with Gasteiger partial charge in [-0.1, -0.05) is 0 Å². The maximum atomic E-state index is 12.4. The van der Waals surface area contributed by atoms with Crippen molar-refractivity contribution in [2.75, 3.05) is 26.1 Å². The van der Waals surface area contributed by atoms with E-state index in [0.717, 1.165) is 11.3 Å². The van der Waals surface area contributed by atoms with Crippen molar-refractivity contribution in [2.24, 2.45) is 0 Å². The molecule has 2 rings (SSSR count). The Hall–Kier alpha value is -2.48. The smallest absolute Gasteiger partial charge is 0.496 e. The summed E-state index contributed by atoms with van der Waals surface area (Å²) in [5.41, 5.74) is 2.87. The zero-order valence-corrected chi connectivity index (χ0v) is 15.0. The quantitative estimate of drug-likeness (QED) is 0.782. The molecular formula is C18H21F3N2O3. The number of ether oxygens (including phenoxy) is 3. The van der Waals surface area contributed by atoms with Crippen LogP contribution >= 0.6 is 0 Å². The Labute approximate surface area is 150 Å². The monoisotopic (exact) mass is 370 g/mol. The van der Waals surface area contributed by atoms with E-state index in [4.69, 9.17) is 9.47 Å². The van der Waals surface area contributed by atoms with Gasteiger partial charge in [0.15, 0.2) is 0 Å². The fourth-order valence-corrected chi connectivity index (χ4v) is 2.58. The number of benzene rings is 1. The van der Waals surface area contributed by atoms with Gasteiger partial charge in [-0.05, 0) is 37.6 Å². The van der Waals surface area contributed by atoms with E-state index in [-0.39, 0.29) is 17.5 Å². The van der Waals surface area contributed by atoms with Gasteiger partial charge in [-0.2, -0.15) is 0 Å². The second kappa shape index (κ2) is 8.27. The highest BCUT2D eigenvalue weighted by Crippen LogP contribution is 2.36. The number of anilines is 1. The van der Waals surface area contributed by atoms with Crippen molar-refractivity contribution in [3.05, 3.63) is 36.0 Å². The van der Waals surface area contributed by atoms with Crippen LogP contribution in [0.3, 0.4) is 0 Å². The highest BCUT2D eigenvalue weighted by atomic mass is 19.4. The summed E-state index contributed by atoms with van der Waals surface area (Å²) in [5.74, 6) is -0.0989. The number of rotatable bonds is 7. The molecule has 26 heavy (non-hydrogen) atoms. The third kappa shape index (κ3) is 5.26. The lowest BCUT2D eigenvalue weighted by Gasteiger charge is -2.17. The Balaban J connectivity index is 2.30. The first-order valence-corrected chi connectivity index (χ1v) is 7.89. The summed E-state index contributed by atoms with van der Waals surface area (Å²) in [5, 5.41) is 3.26. The van der Waals surface area contributed by atoms with Crippen LogP contribution < -0.4 is 14.8 Å². The van der Waals surface area contributed by atoms with Crippen molar-refractivity contribution in [1.82, 2.24) is 4.98 Å². The van der Waals surface area contributed by atoms with Crippen LogP contribution in [0.15, 0.2) is 30.5 Å². The minimum atomic E-state index is -4.76. The van der Waals surface area contributed by atoms with Crippen LogP contribution in [0, 0.1) is 6.92 Å². The molecule has 2 aromatic rings. The van der Waals surface area contributed by atoms with Crippen LogP contribution in [0.2, 0.25) is 0 Å². The minimum Gasteiger partial charge on any atom is -0.496 e. The number of hydrogen-bond donors (Lipinski definition) is 1. The average molecular weight is 370 g/mol. The molecule has 0 aliphatic rings. The first kappa shape index (κ1) is 19.8. The third-order valence-corrected chi connectivity index (χ3v) is 3.57. The van der Waals surface area contributed by atoms with Crippen LogP contribution in [0.1, 0.15) is 12.5 Å². The molecule has 0 saturated heterocycles. The topological polar surface area (TPSA) is 52.6 Å². The molecule has 1 heterocycles. The Morgan fingerprint density at radius 2 is 1.92 bits per heavy atom. The number of nitrogens with zero attached hydrogens (tertiary/aromatic N) is 1. The highest BCUT2D eigenvalue weighted by molar-refractivity contribution is 5.72. The first-order valence-electron chi connectivity index (χ1n) is 7.89. The van der Waals surface area contributed by atoms with E-state index in [1.165, 1.54) is 25.3 Å². The van der Waals surface area contributed by atoms with Crippen LogP contribution in [-0.4, -0.2) is 38.2 Å². The van der Waals surface area contributed by atoms with Crippen molar-refractivity contribution in [2.45, 2.75) is 26.3 Å². The molecule has 1 aromatic heterocycles. The first-order chi connectivity index (χ1) is 12.2. The molecule has 0 spiro atoms. The van der Waals surface area contributed by atoms with E-state index in [2.05, 4.69) is 15.0 Å². The molecule has 142 valence electrons. The van der Waals surface area contributed by atoms with Crippen LogP contribution in [0.4, 0.5) is 18.9 Å². The van der Waals surface area contributed by atoms with E-state index in [9.17, 15) is 13.2 Å². The van der Waals surface area contributed by atoms with Crippen LogP contribution in [0.25, 0.3) is 11.3 Å². The van der Waals surface area contributed by atoms with Crippen molar-refractivity contribution in [3.63, 3.8) is 0 Å². The summed E-state index contributed by atoms with van der Waals surface area (Å²) >= 11 is 0. The van der Waals surface area contributed by atoms with E-state index in [1.807, 2.05) is 19.9 Å². The van der Waals surface area contributed by atoms with E-state index < -0.39 is 6.36 Å². The predicted molar refractivity (Wildman–Crippen MR) is 92.6 cm³/mol. The molecule has 0 aliphatic carbocycles. The van der Waals surface area contributed by atoms with Gasteiger partial charge in [0.25, 0.3) is 0 Å². The lowest BCUT2D eigenvalue weighted by molar-refractivity contribution is -0.274. The highest BCUT2D eigenvalue weighted by Gasteiger charge is 2.31. The zero-order chi connectivity index (χ0) is 19.3. The summed E-state index contributed by atoms with van der Waals surface area (Å²) in [6.45, 7) is 4.40. The summed E-state index contributed by atoms with van der Waals surface area (Å²) in [7, 11) is 3.01. The summed E-state index contributed by atoms with van der Waals surface area (Å²) < 4.78 is 51.4. The molecule has 0 amide bonds. The van der Waals surface area contributed by atoms with Gasteiger partial charge in [0.2, 0.25) is 0 Å². The van der Waals surface area contributed by atoms with Crippen molar-refractivity contribution in [3.8, 4) is 22.8 Å². The van der Waals surface area contributed by atoms with Gasteiger partial charge in [-0.25, -0.2) is 0 Å². The molecule has 0 saturated carbocycles. The number of pyridine rings is 1. The molecule has 8 heteroatoms.